The van der Waals surface area contributed by atoms with Crippen molar-refractivity contribution in [1.82, 2.24) is 4.98 Å². The van der Waals surface area contributed by atoms with Gasteiger partial charge < -0.3 is 4.74 Å². The van der Waals surface area contributed by atoms with Crippen molar-refractivity contribution in [2.45, 2.75) is 19.4 Å². The predicted molar refractivity (Wildman–Crippen MR) is 60.8 cm³/mol. The van der Waals surface area contributed by atoms with Crippen LogP contribution in [0.15, 0.2) is 30.5 Å². The van der Waals surface area contributed by atoms with E-state index in [1.54, 1.807) is 6.20 Å². The summed E-state index contributed by atoms with van der Waals surface area (Å²) in [5.74, 6) is 0.830. The van der Waals surface area contributed by atoms with Gasteiger partial charge in [-0.3, -0.25) is 9.78 Å². The van der Waals surface area contributed by atoms with Crippen LogP contribution in [0.3, 0.4) is 0 Å². The molecule has 3 nitrogen and oxygen atoms in total. The zero-order valence-corrected chi connectivity index (χ0v) is 8.93. The van der Waals surface area contributed by atoms with E-state index in [0.29, 0.717) is 17.7 Å². The van der Waals surface area contributed by atoms with Gasteiger partial charge in [-0.05, 0) is 25.1 Å². The molecular weight excluding hydrogens is 202 g/mol. The third-order valence-corrected chi connectivity index (χ3v) is 2.83. The van der Waals surface area contributed by atoms with Gasteiger partial charge in [-0.1, -0.05) is 6.07 Å². The summed E-state index contributed by atoms with van der Waals surface area (Å²) in [5, 5.41) is 0.886. The molecule has 0 radical (unpaired) electrons. The smallest absolute Gasteiger partial charge is 0.170 e. The summed E-state index contributed by atoms with van der Waals surface area (Å²) in [7, 11) is 0. The van der Waals surface area contributed by atoms with E-state index in [4.69, 9.17) is 4.74 Å². The SMILES string of the molecule is CC1CC(=O)c2c(ccc3ncccc23)O1. The van der Waals surface area contributed by atoms with Crippen molar-refractivity contribution >= 4 is 16.7 Å². The Balaban J connectivity index is 2.33. The van der Waals surface area contributed by atoms with Crippen molar-refractivity contribution < 1.29 is 9.53 Å². The molecule has 0 aliphatic carbocycles. The standard InChI is InChI=1S/C13H11NO2/c1-8-7-11(15)13-9-3-2-6-14-10(9)4-5-12(13)16-8/h2-6,8H,7H2,1H3. The number of rotatable bonds is 0. The fourth-order valence-electron chi connectivity index (χ4n) is 2.14. The second-order valence-corrected chi connectivity index (χ2v) is 4.06. The molecule has 0 spiro atoms. The topological polar surface area (TPSA) is 39.2 Å². The van der Waals surface area contributed by atoms with Crippen molar-refractivity contribution in [2.75, 3.05) is 0 Å². The van der Waals surface area contributed by atoms with Crippen LogP contribution in [0.25, 0.3) is 10.9 Å². The van der Waals surface area contributed by atoms with Gasteiger partial charge in [-0.15, -0.1) is 0 Å². The van der Waals surface area contributed by atoms with Crippen molar-refractivity contribution in [3.05, 3.63) is 36.0 Å². The number of carbonyl (C=O) groups is 1. The molecule has 1 atom stereocenters. The Morgan fingerprint density at radius 1 is 1.38 bits per heavy atom. The van der Waals surface area contributed by atoms with Gasteiger partial charge in [0, 0.05) is 18.0 Å². The number of ether oxygens (including phenoxy) is 1. The molecule has 3 rings (SSSR count). The third kappa shape index (κ3) is 1.28. The van der Waals surface area contributed by atoms with Crippen LogP contribution in [0.2, 0.25) is 0 Å². The third-order valence-electron chi connectivity index (χ3n) is 2.83. The van der Waals surface area contributed by atoms with Crippen LogP contribution < -0.4 is 4.74 Å². The summed E-state index contributed by atoms with van der Waals surface area (Å²) < 4.78 is 5.66. The van der Waals surface area contributed by atoms with E-state index in [2.05, 4.69) is 4.98 Å². The minimum atomic E-state index is -0.0332. The maximum absolute atomic E-state index is 12.0. The number of ketones is 1. The van der Waals surface area contributed by atoms with Gasteiger partial charge in [-0.2, -0.15) is 0 Å². The molecule has 16 heavy (non-hydrogen) atoms. The lowest BCUT2D eigenvalue weighted by Crippen LogP contribution is -2.24. The van der Waals surface area contributed by atoms with E-state index in [9.17, 15) is 4.79 Å². The number of carbonyl (C=O) groups excluding carboxylic acids is 1. The summed E-state index contributed by atoms with van der Waals surface area (Å²) in [6.45, 7) is 1.91. The fraction of sp³-hybridized carbons (Fsp3) is 0.231. The van der Waals surface area contributed by atoms with Crippen LogP contribution in [0, 0.1) is 0 Å². The summed E-state index contributed by atoms with van der Waals surface area (Å²) in [6, 6.07) is 7.48. The maximum atomic E-state index is 12.0. The molecule has 0 bridgehead atoms. The van der Waals surface area contributed by atoms with E-state index < -0.39 is 0 Å². The van der Waals surface area contributed by atoms with E-state index in [-0.39, 0.29) is 11.9 Å². The average molecular weight is 213 g/mol. The second kappa shape index (κ2) is 3.30. The first-order valence-electron chi connectivity index (χ1n) is 5.33. The summed E-state index contributed by atoms with van der Waals surface area (Å²) in [4.78, 5) is 16.2. The highest BCUT2D eigenvalue weighted by Gasteiger charge is 2.25. The minimum absolute atomic E-state index is 0.0332. The molecule has 0 fully saturated rings. The van der Waals surface area contributed by atoms with Gasteiger partial charge in [0.2, 0.25) is 0 Å². The maximum Gasteiger partial charge on any atom is 0.170 e. The number of pyridine rings is 1. The number of hydrogen-bond donors (Lipinski definition) is 0. The molecule has 2 aromatic rings. The predicted octanol–water partition coefficient (Wildman–Crippen LogP) is 2.59. The zero-order valence-electron chi connectivity index (χ0n) is 8.93. The largest absolute Gasteiger partial charge is 0.489 e. The average Bonchev–Trinajstić information content (AvgIpc) is 2.28. The summed E-state index contributed by atoms with van der Waals surface area (Å²) in [6.07, 6.45) is 2.14. The van der Waals surface area contributed by atoms with Gasteiger partial charge in [0.25, 0.3) is 0 Å². The Labute approximate surface area is 93.1 Å². The lowest BCUT2D eigenvalue weighted by Gasteiger charge is -2.23. The van der Waals surface area contributed by atoms with Crippen LogP contribution in [0.4, 0.5) is 0 Å². The van der Waals surface area contributed by atoms with Crippen LogP contribution in [-0.2, 0) is 0 Å². The Morgan fingerprint density at radius 3 is 3.12 bits per heavy atom. The number of nitrogens with zero attached hydrogens (tertiary/aromatic N) is 1. The van der Waals surface area contributed by atoms with Crippen LogP contribution in [0.5, 0.6) is 5.75 Å². The van der Waals surface area contributed by atoms with Crippen LogP contribution in [0.1, 0.15) is 23.7 Å². The highest BCUT2D eigenvalue weighted by atomic mass is 16.5. The Morgan fingerprint density at radius 2 is 2.25 bits per heavy atom. The molecule has 1 unspecified atom stereocenters. The Hall–Kier alpha value is -1.90. The number of hydrogen-bond acceptors (Lipinski definition) is 3. The molecule has 1 aromatic heterocycles. The van der Waals surface area contributed by atoms with Crippen LogP contribution in [-0.4, -0.2) is 16.9 Å². The first-order chi connectivity index (χ1) is 7.75. The zero-order chi connectivity index (χ0) is 11.1. The molecule has 1 aliphatic heterocycles. The molecule has 1 aliphatic rings. The van der Waals surface area contributed by atoms with Crippen molar-refractivity contribution in [1.29, 1.82) is 0 Å². The van der Waals surface area contributed by atoms with Gasteiger partial charge >= 0.3 is 0 Å². The molecule has 0 saturated carbocycles. The molecule has 1 aromatic carbocycles. The first-order valence-corrected chi connectivity index (χ1v) is 5.33. The lowest BCUT2D eigenvalue weighted by atomic mass is 9.97. The van der Waals surface area contributed by atoms with Gasteiger partial charge in [0.1, 0.15) is 11.9 Å². The Kier molecular flexibility index (Phi) is 1.93. The lowest BCUT2D eigenvalue weighted by molar-refractivity contribution is 0.0874. The molecule has 3 heteroatoms. The Bertz CT molecular complexity index is 577. The molecule has 0 amide bonds. The van der Waals surface area contributed by atoms with Crippen molar-refractivity contribution in [2.24, 2.45) is 0 Å². The second-order valence-electron chi connectivity index (χ2n) is 4.06. The van der Waals surface area contributed by atoms with Crippen molar-refractivity contribution in [3.8, 4) is 5.75 Å². The minimum Gasteiger partial charge on any atom is -0.489 e. The number of Topliss-reactive ketones (excluding diaryl/α,β-unsaturated/α-hetero) is 1. The number of fused-ring (bicyclic) bond motifs is 3. The van der Waals surface area contributed by atoms with Crippen molar-refractivity contribution in [3.63, 3.8) is 0 Å². The van der Waals surface area contributed by atoms with Gasteiger partial charge in [0.05, 0.1) is 11.1 Å². The summed E-state index contributed by atoms with van der Waals surface area (Å²) in [5.41, 5.74) is 1.52. The summed E-state index contributed by atoms with van der Waals surface area (Å²) >= 11 is 0. The number of aromatic nitrogens is 1. The van der Waals surface area contributed by atoms with Crippen LogP contribution >= 0.6 is 0 Å². The fourth-order valence-corrected chi connectivity index (χ4v) is 2.14. The van der Waals surface area contributed by atoms with Gasteiger partial charge in [0.15, 0.2) is 5.78 Å². The van der Waals surface area contributed by atoms with Gasteiger partial charge in [-0.25, -0.2) is 0 Å². The normalized spacial score (nSPS) is 19.3. The first kappa shape index (κ1) is 9.33. The number of benzene rings is 1. The molecule has 0 N–H and O–H groups in total. The monoisotopic (exact) mass is 213 g/mol. The molecule has 80 valence electrons. The molecule has 2 heterocycles. The van der Waals surface area contributed by atoms with E-state index >= 15 is 0 Å². The van der Waals surface area contributed by atoms with E-state index in [1.165, 1.54) is 0 Å². The van der Waals surface area contributed by atoms with E-state index in [1.807, 2.05) is 31.2 Å². The highest BCUT2D eigenvalue weighted by Crippen LogP contribution is 2.32. The highest BCUT2D eigenvalue weighted by molar-refractivity contribution is 6.10. The molecule has 0 saturated heterocycles. The quantitative estimate of drug-likeness (QED) is 0.675. The van der Waals surface area contributed by atoms with E-state index in [0.717, 1.165) is 10.9 Å². The molecular formula is C13H11NO2.